The molecule has 0 saturated heterocycles. The lowest BCUT2D eigenvalue weighted by molar-refractivity contribution is -0.117. The van der Waals surface area contributed by atoms with E-state index in [0.717, 1.165) is 19.4 Å². The summed E-state index contributed by atoms with van der Waals surface area (Å²) in [6, 6.07) is 0. The maximum atomic E-state index is 10.5. The predicted molar refractivity (Wildman–Crippen MR) is 56.5 cm³/mol. The van der Waals surface area contributed by atoms with Gasteiger partial charge in [-0.15, -0.1) is 0 Å². The van der Waals surface area contributed by atoms with Gasteiger partial charge < -0.3 is 10.1 Å². The van der Waals surface area contributed by atoms with Gasteiger partial charge in [0.1, 0.15) is 5.78 Å². The van der Waals surface area contributed by atoms with E-state index in [2.05, 4.69) is 5.32 Å². The lowest BCUT2D eigenvalue weighted by Crippen LogP contribution is -2.07. The van der Waals surface area contributed by atoms with Crippen LogP contribution in [-0.2, 0) is 4.79 Å². The zero-order valence-electron chi connectivity index (χ0n) is 6.94. The second-order valence-corrected chi connectivity index (χ2v) is 2.62. The van der Waals surface area contributed by atoms with Gasteiger partial charge in [-0.2, -0.15) is 0 Å². The predicted octanol–water partition coefficient (Wildman–Crippen LogP) is 2.63. The van der Waals surface area contributed by atoms with Gasteiger partial charge in [0.05, 0.1) is 0 Å². The van der Waals surface area contributed by atoms with Gasteiger partial charge in [-0.25, -0.2) is 0 Å². The van der Waals surface area contributed by atoms with E-state index < -0.39 is 0 Å². The van der Waals surface area contributed by atoms with Crippen LogP contribution >= 0.6 is 0 Å². The van der Waals surface area contributed by atoms with Crippen LogP contribution in [0.4, 0.5) is 0 Å². The van der Waals surface area contributed by atoms with Crippen molar-refractivity contribution in [2.75, 3.05) is 13.6 Å². The first-order valence-corrected chi connectivity index (χ1v) is 3.91. The molecule has 0 heterocycles. The van der Waals surface area contributed by atoms with Crippen LogP contribution in [0.15, 0.2) is 0 Å². The Bertz CT molecular complexity index is 91.8. The number of Topliss-reactive ketones (excluding diaryl/α,β-unsaturated/α-hetero) is 1. The summed E-state index contributed by atoms with van der Waals surface area (Å²) in [6.45, 7) is 2.72. The minimum absolute atomic E-state index is 0. The van der Waals surface area contributed by atoms with Crippen LogP contribution < -0.4 is 5.32 Å². The molecule has 0 rings (SSSR count). The van der Waals surface area contributed by atoms with Gasteiger partial charge in [-0.1, -0.05) is 21.3 Å². The van der Waals surface area contributed by atoms with Crippen LogP contribution in [0, 0.1) is 0 Å². The van der Waals surface area contributed by atoms with Crippen molar-refractivity contribution >= 4 is 5.78 Å². The maximum Gasteiger partial charge on any atom is 0.129 e. The van der Waals surface area contributed by atoms with Gasteiger partial charge >= 0.3 is 0 Å². The fourth-order valence-corrected chi connectivity index (χ4v) is 0.852. The summed E-state index contributed by atoms with van der Waals surface area (Å²) in [4.78, 5) is 10.5. The number of carbonyl (C=O) groups is 1. The molecule has 0 aromatic rings. The summed E-state index contributed by atoms with van der Waals surface area (Å²) in [5.74, 6) is 0.310. The average Bonchev–Trinajstić information content (AvgIpc) is 1.87. The van der Waals surface area contributed by atoms with Crippen LogP contribution in [0.25, 0.3) is 0 Å². The summed E-state index contributed by atoms with van der Waals surface area (Å²) >= 11 is 0. The molecule has 0 atom stereocenters. The van der Waals surface area contributed by atoms with Gasteiger partial charge in [0, 0.05) is 6.42 Å². The number of hydrogen-bond donors (Lipinski definition) is 1. The van der Waals surface area contributed by atoms with E-state index in [1.807, 2.05) is 7.05 Å². The topological polar surface area (TPSA) is 29.1 Å². The standard InChI is InChI=1S/C8H17NO.2CH4/c1-8(10)6-4-3-5-7-9-2;;/h9H,3-7H2,1-2H3;2*1H4. The molecular formula is C10H25NO. The fourth-order valence-electron chi connectivity index (χ4n) is 0.852. The van der Waals surface area contributed by atoms with Crippen molar-refractivity contribution in [3.63, 3.8) is 0 Å². The largest absolute Gasteiger partial charge is 0.320 e. The normalized spacial score (nSPS) is 8.17. The molecule has 0 unspecified atom stereocenters. The Hall–Kier alpha value is -0.370. The van der Waals surface area contributed by atoms with Crippen molar-refractivity contribution in [3.05, 3.63) is 0 Å². The highest BCUT2D eigenvalue weighted by atomic mass is 16.1. The summed E-state index contributed by atoms with van der Waals surface area (Å²) in [5.41, 5.74) is 0. The zero-order valence-corrected chi connectivity index (χ0v) is 6.94. The molecule has 0 aliphatic heterocycles. The minimum Gasteiger partial charge on any atom is -0.320 e. The molecule has 0 amide bonds. The Kier molecular flexibility index (Phi) is 19.5. The molecule has 0 aliphatic carbocycles. The second-order valence-electron chi connectivity index (χ2n) is 2.62. The smallest absolute Gasteiger partial charge is 0.129 e. The third kappa shape index (κ3) is 16.3. The first-order valence-electron chi connectivity index (χ1n) is 3.91. The summed E-state index contributed by atoms with van der Waals surface area (Å²) in [6.07, 6.45) is 4.16. The highest BCUT2D eigenvalue weighted by molar-refractivity contribution is 5.75. The number of unbranched alkanes of at least 4 members (excludes halogenated alkanes) is 2. The van der Waals surface area contributed by atoms with Crippen molar-refractivity contribution in [2.24, 2.45) is 0 Å². The van der Waals surface area contributed by atoms with Gasteiger partial charge in [-0.3, -0.25) is 0 Å². The summed E-state index contributed by atoms with van der Waals surface area (Å²) < 4.78 is 0. The molecule has 76 valence electrons. The molecule has 2 nitrogen and oxygen atoms in total. The quantitative estimate of drug-likeness (QED) is 0.629. The molecule has 0 spiro atoms. The Morgan fingerprint density at radius 2 is 1.75 bits per heavy atom. The number of hydrogen-bond acceptors (Lipinski definition) is 2. The molecule has 0 aromatic heterocycles. The van der Waals surface area contributed by atoms with E-state index in [-0.39, 0.29) is 14.9 Å². The van der Waals surface area contributed by atoms with E-state index in [9.17, 15) is 4.79 Å². The van der Waals surface area contributed by atoms with E-state index in [1.165, 1.54) is 12.8 Å². The van der Waals surface area contributed by atoms with Crippen molar-refractivity contribution in [1.82, 2.24) is 5.32 Å². The lowest BCUT2D eigenvalue weighted by atomic mass is 10.1. The Morgan fingerprint density at radius 1 is 1.17 bits per heavy atom. The van der Waals surface area contributed by atoms with Crippen LogP contribution in [0.3, 0.4) is 0 Å². The van der Waals surface area contributed by atoms with E-state index in [1.54, 1.807) is 6.92 Å². The van der Waals surface area contributed by atoms with Crippen molar-refractivity contribution in [2.45, 2.75) is 47.5 Å². The van der Waals surface area contributed by atoms with Gasteiger partial charge in [-0.05, 0) is 33.4 Å². The Morgan fingerprint density at radius 3 is 2.17 bits per heavy atom. The molecule has 0 fully saturated rings. The van der Waals surface area contributed by atoms with Gasteiger partial charge in [0.15, 0.2) is 0 Å². The summed E-state index contributed by atoms with van der Waals surface area (Å²) in [5, 5.41) is 3.07. The summed E-state index contributed by atoms with van der Waals surface area (Å²) in [7, 11) is 1.95. The molecular weight excluding hydrogens is 150 g/mol. The minimum atomic E-state index is 0. The van der Waals surface area contributed by atoms with Gasteiger partial charge in [0.2, 0.25) is 0 Å². The van der Waals surface area contributed by atoms with E-state index >= 15 is 0 Å². The van der Waals surface area contributed by atoms with Crippen LogP contribution in [0.1, 0.15) is 47.5 Å². The highest BCUT2D eigenvalue weighted by Crippen LogP contribution is 1.98. The first kappa shape index (κ1) is 17.6. The third-order valence-electron chi connectivity index (χ3n) is 1.46. The van der Waals surface area contributed by atoms with Crippen molar-refractivity contribution < 1.29 is 4.79 Å². The Labute approximate surface area is 77.7 Å². The third-order valence-corrected chi connectivity index (χ3v) is 1.46. The SMILES string of the molecule is C.C.CNCCCCCC(C)=O. The lowest BCUT2D eigenvalue weighted by Gasteiger charge is -1.97. The second kappa shape index (κ2) is 13.2. The molecule has 0 radical (unpaired) electrons. The molecule has 0 bridgehead atoms. The fraction of sp³-hybridized carbons (Fsp3) is 0.900. The van der Waals surface area contributed by atoms with Crippen LogP contribution in [0.5, 0.6) is 0 Å². The van der Waals surface area contributed by atoms with E-state index in [0.29, 0.717) is 5.78 Å². The van der Waals surface area contributed by atoms with E-state index in [4.69, 9.17) is 0 Å². The number of nitrogens with one attached hydrogen (secondary N) is 1. The zero-order chi connectivity index (χ0) is 7.82. The molecule has 2 heteroatoms. The number of carbonyl (C=O) groups excluding carboxylic acids is 1. The highest BCUT2D eigenvalue weighted by Gasteiger charge is 1.92. The monoisotopic (exact) mass is 175 g/mol. The average molecular weight is 175 g/mol. The molecule has 0 saturated carbocycles. The molecule has 1 N–H and O–H groups in total. The Balaban J connectivity index is -0.000000405. The maximum absolute atomic E-state index is 10.5. The van der Waals surface area contributed by atoms with Gasteiger partial charge in [0.25, 0.3) is 0 Å². The number of ketones is 1. The number of rotatable bonds is 6. The molecule has 12 heavy (non-hydrogen) atoms. The first-order chi connectivity index (χ1) is 4.77. The van der Waals surface area contributed by atoms with Crippen LogP contribution in [-0.4, -0.2) is 19.4 Å². The molecule has 0 aliphatic rings. The van der Waals surface area contributed by atoms with Crippen LogP contribution in [0.2, 0.25) is 0 Å². The van der Waals surface area contributed by atoms with Crippen molar-refractivity contribution in [3.8, 4) is 0 Å². The molecule has 0 aromatic carbocycles. The van der Waals surface area contributed by atoms with Crippen molar-refractivity contribution in [1.29, 1.82) is 0 Å².